The van der Waals surface area contributed by atoms with Crippen LogP contribution in [0.2, 0.25) is 0 Å². The van der Waals surface area contributed by atoms with Gasteiger partial charge in [-0.15, -0.1) is 0 Å². The molecule has 0 aromatic heterocycles. The van der Waals surface area contributed by atoms with E-state index in [0.717, 1.165) is 19.4 Å². The van der Waals surface area contributed by atoms with Gasteiger partial charge in [0.15, 0.2) is 0 Å². The van der Waals surface area contributed by atoms with Gasteiger partial charge in [-0.25, -0.2) is 0 Å². The molecular weight excluding hydrogens is 236 g/mol. The molecule has 2 amide bonds. The summed E-state index contributed by atoms with van der Waals surface area (Å²) < 4.78 is 0. The Bertz CT molecular complexity index is 337. The van der Waals surface area contributed by atoms with E-state index >= 15 is 0 Å². The predicted molar refractivity (Wildman–Crippen MR) is 66.7 cm³/mol. The van der Waals surface area contributed by atoms with Crippen LogP contribution in [-0.2, 0) is 9.59 Å². The van der Waals surface area contributed by atoms with Gasteiger partial charge in [0.2, 0.25) is 11.8 Å². The largest absolute Gasteiger partial charge is 0.342 e. The fraction of sp³-hybridized carbons (Fsp3) is 0.833. The molecule has 4 nitrogen and oxygen atoms in total. The minimum atomic E-state index is -0.220. The number of nitrogens with zero attached hydrogens (tertiary/aromatic N) is 1. The quantitative estimate of drug-likeness (QED) is 0.803. The van der Waals surface area contributed by atoms with Crippen molar-refractivity contribution in [2.75, 3.05) is 18.8 Å². The molecule has 0 radical (unpaired) electrons. The van der Waals surface area contributed by atoms with E-state index in [4.69, 9.17) is 0 Å². The molecule has 1 saturated carbocycles. The van der Waals surface area contributed by atoms with Crippen molar-refractivity contribution in [2.45, 2.75) is 37.0 Å². The van der Waals surface area contributed by atoms with Crippen LogP contribution in [0, 0.1) is 5.92 Å². The highest BCUT2D eigenvalue weighted by Crippen LogP contribution is 2.35. The van der Waals surface area contributed by atoms with Crippen molar-refractivity contribution >= 4 is 23.6 Å². The van der Waals surface area contributed by atoms with E-state index in [2.05, 4.69) is 5.32 Å². The van der Waals surface area contributed by atoms with Crippen LogP contribution in [0.15, 0.2) is 0 Å². The van der Waals surface area contributed by atoms with Gasteiger partial charge in [0.1, 0.15) is 6.04 Å². The number of carbonyl (C=O) groups excluding carboxylic acids is 2. The smallest absolute Gasteiger partial charge is 0.245 e. The highest BCUT2D eigenvalue weighted by atomic mass is 32.2. The first-order valence-electron chi connectivity index (χ1n) is 6.44. The second kappa shape index (κ2) is 4.52. The summed E-state index contributed by atoms with van der Waals surface area (Å²) in [5.74, 6) is 1.78. The molecule has 94 valence electrons. The summed E-state index contributed by atoms with van der Waals surface area (Å²) in [4.78, 5) is 25.6. The van der Waals surface area contributed by atoms with E-state index in [-0.39, 0.29) is 24.4 Å². The fourth-order valence-electron chi connectivity index (χ4n) is 2.67. The van der Waals surface area contributed by atoms with Crippen molar-refractivity contribution < 1.29 is 9.59 Å². The highest BCUT2D eigenvalue weighted by Gasteiger charge is 2.43. The molecule has 1 N–H and O–H groups in total. The molecule has 0 spiro atoms. The van der Waals surface area contributed by atoms with Crippen molar-refractivity contribution in [3.8, 4) is 0 Å². The molecule has 2 unspecified atom stereocenters. The minimum absolute atomic E-state index is 0.0181. The third-order valence-corrected chi connectivity index (χ3v) is 5.15. The SMILES string of the molecule is O=C1CN(CC2CCCS2)C(=O)C(C2CC2)N1. The van der Waals surface area contributed by atoms with Gasteiger partial charge in [-0.1, -0.05) is 0 Å². The van der Waals surface area contributed by atoms with Gasteiger partial charge in [0.25, 0.3) is 0 Å². The maximum absolute atomic E-state index is 12.2. The monoisotopic (exact) mass is 254 g/mol. The lowest BCUT2D eigenvalue weighted by Gasteiger charge is -2.34. The summed E-state index contributed by atoms with van der Waals surface area (Å²) in [6.07, 6.45) is 4.60. The van der Waals surface area contributed by atoms with Gasteiger partial charge in [0, 0.05) is 11.8 Å². The Morgan fingerprint density at radius 3 is 2.76 bits per heavy atom. The lowest BCUT2D eigenvalue weighted by molar-refractivity contribution is -0.144. The van der Waals surface area contributed by atoms with Crippen LogP contribution < -0.4 is 5.32 Å². The van der Waals surface area contributed by atoms with Gasteiger partial charge >= 0.3 is 0 Å². The molecule has 0 aromatic carbocycles. The highest BCUT2D eigenvalue weighted by molar-refractivity contribution is 8.00. The summed E-state index contributed by atoms with van der Waals surface area (Å²) in [6.45, 7) is 1.03. The maximum atomic E-state index is 12.2. The van der Waals surface area contributed by atoms with E-state index in [1.54, 1.807) is 4.90 Å². The Morgan fingerprint density at radius 1 is 1.29 bits per heavy atom. The molecule has 2 heterocycles. The molecule has 3 aliphatic rings. The molecule has 17 heavy (non-hydrogen) atoms. The standard InChI is InChI=1S/C12H18N2O2S/c15-10-7-14(6-9-2-1-5-17-9)12(16)11(13-10)8-3-4-8/h8-9,11H,1-7H2,(H,13,15). The van der Waals surface area contributed by atoms with Crippen molar-refractivity contribution in [1.82, 2.24) is 10.2 Å². The molecule has 0 aromatic rings. The zero-order valence-electron chi connectivity index (χ0n) is 9.85. The van der Waals surface area contributed by atoms with Crippen molar-refractivity contribution in [1.29, 1.82) is 0 Å². The summed E-state index contributed by atoms with van der Waals surface area (Å²) in [5, 5.41) is 3.39. The van der Waals surface area contributed by atoms with Crippen molar-refractivity contribution in [3.05, 3.63) is 0 Å². The maximum Gasteiger partial charge on any atom is 0.245 e. The number of thioether (sulfide) groups is 1. The summed E-state index contributed by atoms with van der Waals surface area (Å²) in [7, 11) is 0. The summed E-state index contributed by atoms with van der Waals surface area (Å²) >= 11 is 1.94. The Labute approximate surface area is 105 Å². The van der Waals surface area contributed by atoms with Crippen molar-refractivity contribution in [2.24, 2.45) is 5.92 Å². The van der Waals surface area contributed by atoms with Crippen LogP contribution in [0.4, 0.5) is 0 Å². The lowest BCUT2D eigenvalue weighted by atomic mass is 10.1. The molecule has 0 bridgehead atoms. The van der Waals surface area contributed by atoms with E-state index in [1.807, 2.05) is 11.8 Å². The molecule has 1 aliphatic carbocycles. The predicted octanol–water partition coefficient (Wildman–Crippen LogP) is 0.619. The normalized spacial score (nSPS) is 34.0. The van der Waals surface area contributed by atoms with E-state index in [1.165, 1.54) is 18.6 Å². The molecule has 3 rings (SSSR count). The first-order valence-corrected chi connectivity index (χ1v) is 7.48. The van der Waals surface area contributed by atoms with Crippen LogP contribution in [-0.4, -0.2) is 46.8 Å². The number of nitrogens with one attached hydrogen (secondary N) is 1. The van der Waals surface area contributed by atoms with Crippen LogP contribution >= 0.6 is 11.8 Å². The third-order valence-electron chi connectivity index (χ3n) is 3.77. The van der Waals surface area contributed by atoms with E-state index in [0.29, 0.717) is 11.2 Å². The number of rotatable bonds is 3. The summed E-state index contributed by atoms with van der Waals surface area (Å²) in [6, 6.07) is -0.220. The Hall–Kier alpha value is -0.710. The molecule has 3 fully saturated rings. The Kier molecular flexibility index (Phi) is 3.03. The first-order chi connectivity index (χ1) is 8.24. The van der Waals surface area contributed by atoms with Crippen molar-refractivity contribution in [3.63, 3.8) is 0 Å². The fourth-order valence-corrected chi connectivity index (χ4v) is 3.95. The number of amides is 2. The topological polar surface area (TPSA) is 49.4 Å². The van der Waals surface area contributed by atoms with Gasteiger partial charge in [-0.2, -0.15) is 11.8 Å². The van der Waals surface area contributed by atoms with Gasteiger partial charge in [-0.3, -0.25) is 9.59 Å². The third kappa shape index (κ3) is 2.44. The average molecular weight is 254 g/mol. The minimum Gasteiger partial charge on any atom is -0.342 e. The molecule has 2 atom stereocenters. The molecule has 5 heteroatoms. The number of hydrogen-bond donors (Lipinski definition) is 1. The second-order valence-corrected chi connectivity index (χ2v) is 6.64. The van der Waals surface area contributed by atoms with E-state index in [9.17, 15) is 9.59 Å². The van der Waals surface area contributed by atoms with Crippen LogP contribution in [0.1, 0.15) is 25.7 Å². The zero-order valence-corrected chi connectivity index (χ0v) is 10.7. The Balaban J connectivity index is 1.64. The molecular formula is C12H18N2O2S. The van der Waals surface area contributed by atoms with Gasteiger partial charge in [0.05, 0.1) is 6.54 Å². The second-order valence-electron chi connectivity index (χ2n) is 5.24. The van der Waals surface area contributed by atoms with Gasteiger partial charge < -0.3 is 10.2 Å². The zero-order chi connectivity index (χ0) is 11.8. The summed E-state index contributed by atoms with van der Waals surface area (Å²) in [5.41, 5.74) is 0. The lowest BCUT2D eigenvalue weighted by Crippen LogP contribution is -2.59. The van der Waals surface area contributed by atoms with Crippen LogP contribution in [0.25, 0.3) is 0 Å². The molecule has 2 aliphatic heterocycles. The number of carbonyl (C=O) groups is 2. The number of hydrogen-bond acceptors (Lipinski definition) is 3. The first kappa shape index (κ1) is 11.4. The Morgan fingerprint density at radius 2 is 2.12 bits per heavy atom. The average Bonchev–Trinajstić information content (AvgIpc) is 3.02. The number of piperazine rings is 1. The van der Waals surface area contributed by atoms with Gasteiger partial charge in [-0.05, 0) is 37.4 Å². The van der Waals surface area contributed by atoms with Crippen LogP contribution in [0.5, 0.6) is 0 Å². The van der Waals surface area contributed by atoms with Crippen LogP contribution in [0.3, 0.4) is 0 Å². The molecule has 2 saturated heterocycles. The van der Waals surface area contributed by atoms with E-state index < -0.39 is 0 Å².